The molecular weight excluding hydrogens is 484 g/mol. The molecule has 0 aliphatic carbocycles. The molecule has 0 radical (unpaired) electrons. The number of hydrogen-bond donors (Lipinski definition) is 1. The van der Waals surface area contributed by atoms with Crippen LogP contribution in [0.4, 0.5) is 11.4 Å². The highest BCUT2D eigenvalue weighted by molar-refractivity contribution is 6.18. The second-order valence-electron chi connectivity index (χ2n) is 10.5. The second-order valence-corrected chi connectivity index (χ2v) is 10.5. The van der Waals surface area contributed by atoms with Gasteiger partial charge in [-0.1, -0.05) is 103 Å². The fraction of sp³-hybridized carbons (Fsp3) is 0.147. The molecule has 3 aliphatic heterocycles. The number of carbonyl (C=O) groups excluding carboxylic acids is 3. The van der Waals surface area contributed by atoms with Gasteiger partial charge in [-0.3, -0.25) is 14.4 Å². The molecular formula is C34H26N2O3. The zero-order valence-corrected chi connectivity index (χ0v) is 21.4. The Hall–Kier alpha value is -4.77. The smallest absolute Gasteiger partial charge is 0.238 e. The Labute approximate surface area is 226 Å². The van der Waals surface area contributed by atoms with Gasteiger partial charge in [0.05, 0.1) is 12.0 Å². The fourth-order valence-electron chi connectivity index (χ4n) is 6.94. The molecule has 5 nitrogen and oxygen atoms in total. The number of amides is 1. The summed E-state index contributed by atoms with van der Waals surface area (Å²) in [6, 6.07) is 32.2. The van der Waals surface area contributed by atoms with Crippen LogP contribution in [0.15, 0.2) is 115 Å². The van der Waals surface area contributed by atoms with Crippen molar-refractivity contribution >= 4 is 34.4 Å². The minimum Gasteiger partial charge on any atom is -0.352 e. The van der Waals surface area contributed by atoms with E-state index in [1.807, 2.05) is 96.8 Å². The number of Topliss-reactive ketones (excluding diaryl/α,β-unsaturated/α-hetero) is 2. The Kier molecular flexibility index (Phi) is 5.17. The predicted molar refractivity (Wildman–Crippen MR) is 152 cm³/mol. The van der Waals surface area contributed by atoms with E-state index in [2.05, 4.69) is 11.4 Å². The van der Waals surface area contributed by atoms with E-state index in [9.17, 15) is 14.4 Å². The Bertz CT molecular complexity index is 1680. The summed E-state index contributed by atoms with van der Waals surface area (Å²) < 4.78 is 0. The third kappa shape index (κ3) is 3.16. The zero-order chi connectivity index (χ0) is 26.7. The molecule has 0 saturated carbocycles. The van der Waals surface area contributed by atoms with Crippen LogP contribution in [0.25, 0.3) is 5.57 Å². The lowest BCUT2D eigenvalue weighted by molar-refractivity contribution is -0.121. The van der Waals surface area contributed by atoms with E-state index in [1.165, 1.54) is 0 Å². The standard InChI is InChI=1S/C34H26N2O3/c1-21-20-28-34(25-17-9-10-18-26(25)35-33(34)39)29(31(37)22-12-4-2-5-13-22)30(32(38)23-14-6-3-7-15-23)36(28)27-19-11-8-16-24(21)27/h2-20,28-30H,1H3,(H,35,39)/t28-,29-,30-,34-/m0/s1. The average Bonchev–Trinajstić information content (AvgIpc) is 3.45. The SMILES string of the molecule is CC1=C[C@@H]2N(c3ccccc31)[C@H](C(=O)c1ccccc1)[C@@H](C(=O)c1ccccc1)[C@@]21C(=O)Nc2ccccc21. The van der Waals surface area contributed by atoms with E-state index < -0.39 is 23.4 Å². The van der Waals surface area contributed by atoms with Crippen LogP contribution in [-0.2, 0) is 10.2 Å². The topological polar surface area (TPSA) is 66.5 Å². The number of nitrogens with zero attached hydrogens (tertiary/aromatic N) is 1. The van der Waals surface area contributed by atoms with Crippen molar-refractivity contribution in [2.45, 2.75) is 24.4 Å². The van der Waals surface area contributed by atoms with Crippen molar-refractivity contribution in [2.75, 3.05) is 10.2 Å². The quantitative estimate of drug-likeness (QED) is 0.346. The van der Waals surface area contributed by atoms with Gasteiger partial charge in [-0.15, -0.1) is 0 Å². The maximum Gasteiger partial charge on any atom is 0.238 e. The zero-order valence-electron chi connectivity index (χ0n) is 21.4. The number of hydrogen-bond acceptors (Lipinski definition) is 4. The largest absolute Gasteiger partial charge is 0.352 e. The molecule has 0 aromatic heterocycles. The van der Waals surface area contributed by atoms with Crippen LogP contribution in [0, 0.1) is 5.92 Å². The molecule has 1 N–H and O–H groups in total. The summed E-state index contributed by atoms with van der Waals surface area (Å²) in [5.41, 5.74) is 4.01. The van der Waals surface area contributed by atoms with Crippen LogP contribution < -0.4 is 10.2 Å². The van der Waals surface area contributed by atoms with Crippen LogP contribution in [0.1, 0.15) is 38.8 Å². The van der Waals surface area contributed by atoms with Gasteiger partial charge in [0.2, 0.25) is 5.91 Å². The first-order valence-electron chi connectivity index (χ1n) is 13.2. The number of fused-ring (bicyclic) bond motifs is 6. The lowest BCUT2D eigenvalue weighted by Crippen LogP contribution is -2.51. The molecule has 1 amide bonds. The van der Waals surface area contributed by atoms with Crippen molar-refractivity contribution in [2.24, 2.45) is 5.92 Å². The van der Waals surface area contributed by atoms with Crippen LogP contribution in [0.5, 0.6) is 0 Å². The molecule has 0 bridgehead atoms. The lowest BCUT2D eigenvalue weighted by Gasteiger charge is -2.39. The molecule has 1 fully saturated rings. The van der Waals surface area contributed by atoms with Crippen LogP contribution >= 0.6 is 0 Å². The van der Waals surface area contributed by atoms with Crippen LogP contribution in [0.2, 0.25) is 0 Å². The highest BCUT2D eigenvalue weighted by atomic mass is 16.2. The minimum atomic E-state index is -1.30. The highest BCUT2D eigenvalue weighted by Gasteiger charge is 2.70. The van der Waals surface area contributed by atoms with E-state index in [-0.39, 0.29) is 17.5 Å². The Morgan fingerprint density at radius 1 is 0.744 bits per heavy atom. The average molecular weight is 511 g/mol. The Balaban J connectivity index is 1.57. The van der Waals surface area contributed by atoms with Crippen molar-refractivity contribution < 1.29 is 14.4 Å². The maximum absolute atomic E-state index is 14.7. The molecule has 39 heavy (non-hydrogen) atoms. The molecule has 190 valence electrons. The predicted octanol–water partition coefficient (Wildman–Crippen LogP) is 5.93. The first kappa shape index (κ1) is 23.4. The number of anilines is 2. The van der Waals surface area contributed by atoms with Gasteiger partial charge in [0.25, 0.3) is 0 Å². The van der Waals surface area contributed by atoms with Gasteiger partial charge < -0.3 is 10.2 Å². The van der Waals surface area contributed by atoms with Gasteiger partial charge in [-0.25, -0.2) is 0 Å². The Morgan fingerprint density at radius 2 is 1.33 bits per heavy atom. The number of benzene rings is 4. The number of para-hydroxylation sites is 2. The van der Waals surface area contributed by atoms with E-state index >= 15 is 0 Å². The molecule has 4 atom stereocenters. The van der Waals surface area contributed by atoms with Crippen molar-refractivity contribution in [3.05, 3.63) is 138 Å². The summed E-state index contributed by atoms with van der Waals surface area (Å²) in [6.07, 6.45) is 2.08. The van der Waals surface area contributed by atoms with Crippen LogP contribution in [-0.4, -0.2) is 29.6 Å². The molecule has 1 saturated heterocycles. The molecule has 5 heteroatoms. The summed E-state index contributed by atoms with van der Waals surface area (Å²) in [7, 11) is 0. The number of rotatable bonds is 4. The molecule has 4 aromatic carbocycles. The first-order valence-corrected chi connectivity index (χ1v) is 13.2. The third-order valence-electron chi connectivity index (χ3n) is 8.55. The van der Waals surface area contributed by atoms with Gasteiger partial charge in [0.1, 0.15) is 11.5 Å². The minimum absolute atomic E-state index is 0.174. The van der Waals surface area contributed by atoms with Crippen molar-refractivity contribution in [1.29, 1.82) is 0 Å². The highest BCUT2D eigenvalue weighted by Crippen LogP contribution is 2.58. The van der Waals surface area contributed by atoms with Crippen molar-refractivity contribution in [3.63, 3.8) is 0 Å². The molecule has 1 spiro atoms. The number of carbonyl (C=O) groups is 3. The van der Waals surface area contributed by atoms with Crippen molar-refractivity contribution in [3.8, 4) is 0 Å². The number of ketones is 2. The molecule has 4 aromatic rings. The summed E-state index contributed by atoms with van der Waals surface area (Å²) in [4.78, 5) is 45.6. The van der Waals surface area contributed by atoms with Gasteiger partial charge >= 0.3 is 0 Å². The van der Waals surface area contributed by atoms with Gasteiger partial charge in [0.15, 0.2) is 11.6 Å². The third-order valence-corrected chi connectivity index (χ3v) is 8.55. The first-order chi connectivity index (χ1) is 19.0. The maximum atomic E-state index is 14.7. The Morgan fingerprint density at radius 3 is 2.05 bits per heavy atom. The molecule has 3 aliphatic rings. The van der Waals surface area contributed by atoms with E-state index in [0.29, 0.717) is 16.8 Å². The monoisotopic (exact) mass is 510 g/mol. The lowest BCUT2D eigenvalue weighted by atomic mass is 9.64. The summed E-state index contributed by atoms with van der Waals surface area (Å²) in [5, 5.41) is 3.08. The van der Waals surface area contributed by atoms with E-state index in [4.69, 9.17) is 0 Å². The van der Waals surface area contributed by atoms with E-state index in [0.717, 1.165) is 22.4 Å². The van der Waals surface area contributed by atoms with E-state index in [1.54, 1.807) is 24.3 Å². The fourth-order valence-corrected chi connectivity index (χ4v) is 6.94. The van der Waals surface area contributed by atoms with Gasteiger partial charge in [-0.05, 0) is 30.2 Å². The summed E-state index contributed by atoms with van der Waals surface area (Å²) in [6.45, 7) is 2.03. The van der Waals surface area contributed by atoms with Gasteiger partial charge in [0, 0.05) is 28.1 Å². The molecule has 0 unspecified atom stereocenters. The van der Waals surface area contributed by atoms with Gasteiger partial charge in [-0.2, -0.15) is 0 Å². The molecule has 3 heterocycles. The van der Waals surface area contributed by atoms with Crippen LogP contribution in [0.3, 0.4) is 0 Å². The number of nitrogens with one attached hydrogen (secondary N) is 1. The molecule has 7 rings (SSSR count). The summed E-state index contributed by atoms with van der Waals surface area (Å²) >= 11 is 0. The second kappa shape index (κ2) is 8.63. The number of allylic oxidation sites excluding steroid dienone is 1. The summed E-state index contributed by atoms with van der Waals surface area (Å²) in [5.74, 6) is -1.60. The normalized spacial score (nSPS) is 24.4. The van der Waals surface area contributed by atoms with Crippen molar-refractivity contribution in [1.82, 2.24) is 0 Å².